The molecule has 7 nitrogen and oxygen atoms in total. The van der Waals surface area contributed by atoms with Crippen molar-refractivity contribution in [3.05, 3.63) is 65.9 Å². The number of H-pyrrole nitrogens is 1. The number of aromatic amines is 1. The fraction of sp³-hybridized carbons (Fsp3) is 0.148. The van der Waals surface area contributed by atoms with Gasteiger partial charge in [-0.15, -0.1) is 0 Å². The molecule has 1 fully saturated rings. The van der Waals surface area contributed by atoms with Crippen molar-refractivity contribution in [3.8, 4) is 23.5 Å². The van der Waals surface area contributed by atoms with Gasteiger partial charge in [-0.3, -0.25) is 4.98 Å². The second kappa shape index (κ2) is 7.99. The molecule has 0 amide bonds. The molecule has 3 aromatic heterocycles. The van der Waals surface area contributed by atoms with Crippen molar-refractivity contribution >= 4 is 44.7 Å². The Morgan fingerprint density at radius 1 is 0.882 bits per heavy atom. The number of nitrogens with one attached hydrogen (secondary N) is 1. The van der Waals surface area contributed by atoms with Crippen LogP contribution in [0.15, 0.2) is 60.3 Å². The third-order valence-electron chi connectivity index (χ3n) is 6.31. The summed E-state index contributed by atoms with van der Waals surface area (Å²) in [6.07, 6.45) is 5.77. The monoisotopic (exact) mass is 441 g/mol. The van der Waals surface area contributed by atoms with E-state index in [1.54, 1.807) is 12.3 Å². The number of allylic oxidation sites excluding steroid dienone is 1. The zero-order valence-electron chi connectivity index (χ0n) is 18.3. The molecule has 2 aromatic carbocycles. The molecule has 6 rings (SSSR count). The van der Waals surface area contributed by atoms with Gasteiger partial charge in [0, 0.05) is 35.6 Å². The molecule has 0 spiro atoms. The normalized spacial score (nSPS) is 13.3. The summed E-state index contributed by atoms with van der Waals surface area (Å²) < 4.78 is 0. The lowest BCUT2D eigenvalue weighted by Gasteiger charge is -2.17. The Bertz CT molecular complexity index is 1660. The summed E-state index contributed by atoms with van der Waals surface area (Å²) in [5.74, 6) is 1.74. The van der Waals surface area contributed by atoms with Crippen LogP contribution >= 0.6 is 0 Å². The van der Waals surface area contributed by atoms with E-state index >= 15 is 0 Å². The van der Waals surface area contributed by atoms with Gasteiger partial charge < -0.3 is 9.88 Å². The van der Waals surface area contributed by atoms with Crippen LogP contribution in [0.5, 0.6) is 0 Å². The molecule has 1 N–H and O–H groups in total. The maximum absolute atomic E-state index is 8.98. The molecule has 1 aliphatic rings. The molecule has 0 bridgehead atoms. The van der Waals surface area contributed by atoms with E-state index < -0.39 is 0 Å². The topological polar surface area (TPSA) is 105 Å². The molecule has 34 heavy (non-hydrogen) atoms. The minimum Gasteiger partial charge on any atom is -0.357 e. The highest BCUT2D eigenvalue weighted by molar-refractivity contribution is 6.21. The molecular weight excluding hydrogens is 422 g/mol. The number of pyridine rings is 2. The van der Waals surface area contributed by atoms with Gasteiger partial charge in [0.05, 0.1) is 16.6 Å². The second-order valence-electron chi connectivity index (χ2n) is 8.37. The molecule has 1 aliphatic heterocycles. The molecule has 0 unspecified atom stereocenters. The average molecular weight is 441 g/mol. The Kier molecular flexibility index (Phi) is 4.67. The Morgan fingerprint density at radius 2 is 1.68 bits per heavy atom. The lowest BCUT2D eigenvalue weighted by molar-refractivity contribution is 0.944. The van der Waals surface area contributed by atoms with Crippen molar-refractivity contribution in [3.63, 3.8) is 0 Å². The smallest absolute Gasteiger partial charge is 0.138 e. The molecule has 162 valence electrons. The lowest BCUT2D eigenvalue weighted by Crippen LogP contribution is -2.18. The van der Waals surface area contributed by atoms with Gasteiger partial charge in [0.2, 0.25) is 0 Å². The number of anilines is 1. The maximum Gasteiger partial charge on any atom is 0.138 e. The fourth-order valence-electron chi connectivity index (χ4n) is 4.63. The standard InChI is InChI=1S/C27H19N7/c28-15-18(16-29)14-17-5-7-19(8-6-17)27-32-25-20-4-3-11-30-23(20)24-21(26(25)33-27)9-10-22(31-24)34-12-1-2-13-34/h3-11,14H,1-2,12-13H2,(H,32,33). The van der Waals surface area contributed by atoms with Crippen LogP contribution in [-0.2, 0) is 0 Å². The van der Waals surface area contributed by atoms with E-state index in [9.17, 15) is 0 Å². The average Bonchev–Trinajstić information content (AvgIpc) is 3.58. The molecule has 0 atom stereocenters. The number of fused-ring (bicyclic) bond motifs is 6. The molecule has 0 aliphatic carbocycles. The summed E-state index contributed by atoms with van der Waals surface area (Å²) in [5, 5.41) is 19.9. The van der Waals surface area contributed by atoms with E-state index in [4.69, 9.17) is 20.5 Å². The number of imidazole rings is 1. The van der Waals surface area contributed by atoms with Gasteiger partial charge in [-0.05, 0) is 48.7 Å². The van der Waals surface area contributed by atoms with Crippen LogP contribution in [0.3, 0.4) is 0 Å². The number of rotatable bonds is 3. The molecule has 0 radical (unpaired) electrons. The van der Waals surface area contributed by atoms with Crippen LogP contribution in [-0.4, -0.2) is 33.0 Å². The number of hydrogen-bond acceptors (Lipinski definition) is 6. The van der Waals surface area contributed by atoms with Gasteiger partial charge >= 0.3 is 0 Å². The number of hydrogen-bond donors (Lipinski definition) is 1. The van der Waals surface area contributed by atoms with E-state index in [-0.39, 0.29) is 5.57 Å². The van der Waals surface area contributed by atoms with Crippen molar-refractivity contribution < 1.29 is 0 Å². The molecular formula is C27H19N7. The van der Waals surface area contributed by atoms with Crippen molar-refractivity contribution in [1.29, 1.82) is 10.5 Å². The maximum atomic E-state index is 8.98. The third kappa shape index (κ3) is 3.23. The second-order valence-corrected chi connectivity index (χ2v) is 8.37. The third-order valence-corrected chi connectivity index (χ3v) is 6.31. The van der Waals surface area contributed by atoms with Crippen LogP contribution in [0.4, 0.5) is 5.82 Å². The van der Waals surface area contributed by atoms with Gasteiger partial charge in [-0.25, -0.2) is 9.97 Å². The molecule has 4 heterocycles. The predicted octanol–water partition coefficient (Wildman–Crippen LogP) is 5.36. The minimum absolute atomic E-state index is 0.0720. The highest BCUT2D eigenvalue weighted by Gasteiger charge is 2.18. The largest absolute Gasteiger partial charge is 0.357 e. The van der Waals surface area contributed by atoms with Crippen LogP contribution in [0.1, 0.15) is 18.4 Å². The number of nitrogens with zero attached hydrogens (tertiary/aromatic N) is 6. The van der Waals surface area contributed by atoms with Crippen LogP contribution in [0, 0.1) is 22.7 Å². The summed E-state index contributed by atoms with van der Waals surface area (Å²) >= 11 is 0. The highest BCUT2D eigenvalue weighted by atomic mass is 15.2. The van der Waals surface area contributed by atoms with Gasteiger partial charge in [-0.2, -0.15) is 10.5 Å². The molecule has 5 aromatic rings. The first-order valence-corrected chi connectivity index (χ1v) is 11.2. The first-order chi connectivity index (χ1) is 16.7. The zero-order valence-corrected chi connectivity index (χ0v) is 18.3. The Labute approximate surface area is 195 Å². The summed E-state index contributed by atoms with van der Waals surface area (Å²) in [4.78, 5) is 20.5. The van der Waals surface area contributed by atoms with Crippen molar-refractivity contribution in [2.24, 2.45) is 0 Å². The van der Waals surface area contributed by atoms with Gasteiger partial charge in [0.15, 0.2) is 0 Å². The Morgan fingerprint density at radius 3 is 2.44 bits per heavy atom. The minimum atomic E-state index is 0.0720. The van der Waals surface area contributed by atoms with Crippen LogP contribution in [0.25, 0.3) is 50.3 Å². The molecule has 0 saturated carbocycles. The zero-order chi connectivity index (χ0) is 23.1. The summed E-state index contributed by atoms with van der Waals surface area (Å²) in [6.45, 7) is 2.07. The number of aromatic nitrogens is 4. The van der Waals surface area contributed by atoms with Crippen LogP contribution < -0.4 is 4.90 Å². The van der Waals surface area contributed by atoms with E-state index in [0.29, 0.717) is 0 Å². The summed E-state index contributed by atoms with van der Waals surface area (Å²) in [6, 6.07) is 19.6. The Balaban J connectivity index is 1.52. The quantitative estimate of drug-likeness (QED) is 0.299. The van der Waals surface area contributed by atoms with E-state index in [1.807, 2.05) is 48.5 Å². The van der Waals surface area contributed by atoms with E-state index in [1.165, 1.54) is 12.8 Å². The summed E-state index contributed by atoms with van der Waals surface area (Å²) in [7, 11) is 0. The summed E-state index contributed by atoms with van der Waals surface area (Å²) in [5.41, 5.74) is 5.30. The molecule has 1 saturated heterocycles. The van der Waals surface area contributed by atoms with E-state index in [0.717, 1.165) is 68.7 Å². The SMILES string of the molecule is N#CC(C#N)=Cc1ccc(-c2nc3c4cccnc4c4nc(N5CCCC5)ccc4c3[nH]2)cc1. The number of nitriles is 2. The predicted molar refractivity (Wildman–Crippen MR) is 133 cm³/mol. The first kappa shape index (κ1) is 19.9. The van der Waals surface area contributed by atoms with Gasteiger partial charge in [-0.1, -0.05) is 24.3 Å². The highest BCUT2D eigenvalue weighted by Crippen LogP contribution is 2.35. The van der Waals surface area contributed by atoms with Crippen molar-refractivity contribution in [1.82, 2.24) is 19.9 Å². The lowest BCUT2D eigenvalue weighted by atomic mass is 10.1. The van der Waals surface area contributed by atoms with Crippen molar-refractivity contribution in [2.75, 3.05) is 18.0 Å². The number of benzene rings is 2. The van der Waals surface area contributed by atoms with E-state index in [2.05, 4.69) is 27.0 Å². The van der Waals surface area contributed by atoms with Gasteiger partial charge in [0.25, 0.3) is 0 Å². The van der Waals surface area contributed by atoms with Gasteiger partial charge in [0.1, 0.15) is 34.9 Å². The first-order valence-electron chi connectivity index (χ1n) is 11.2. The molecule has 7 heteroatoms. The fourth-order valence-corrected chi connectivity index (χ4v) is 4.63. The van der Waals surface area contributed by atoms with Crippen LogP contribution in [0.2, 0.25) is 0 Å². The van der Waals surface area contributed by atoms with Crippen molar-refractivity contribution in [2.45, 2.75) is 12.8 Å². The Hall–Kier alpha value is -4.75.